The van der Waals surface area contributed by atoms with Crippen LogP contribution >= 0.6 is 0 Å². The Kier molecular flexibility index (Phi) is 4.04. The van der Waals surface area contributed by atoms with Gasteiger partial charge in [-0.3, -0.25) is 9.59 Å². The zero-order valence-corrected chi connectivity index (χ0v) is 14.8. The first-order valence-corrected chi connectivity index (χ1v) is 8.53. The van der Waals surface area contributed by atoms with E-state index < -0.39 is 23.0 Å². The standard InChI is InChI=1S/C19H25NO4/c1-5-8-20-15-7-6-12(2)9-13(15)19(23,17(20)22)14-11-24-18(3,4)10-16(14)21/h6-7,9,14,23H,5,8,10-11H2,1-4H3/t14-,19+/m1/s1. The van der Waals surface area contributed by atoms with E-state index in [0.29, 0.717) is 17.8 Å². The van der Waals surface area contributed by atoms with E-state index in [1.54, 1.807) is 4.90 Å². The molecule has 130 valence electrons. The second-order valence-corrected chi connectivity index (χ2v) is 7.51. The van der Waals surface area contributed by atoms with Crippen molar-refractivity contribution in [2.75, 3.05) is 18.1 Å². The molecule has 1 aromatic carbocycles. The number of benzene rings is 1. The molecule has 2 heterocycles. The Bertz CT molecular complexity index is 697. The van der Waals surface area contributed by atoms with Gasteiger partial charge in [-0.25, -0.2) is 0 Å². The molecule has 3 rings (SSSR count). The van der Waals surface area contributed by atoms with Crippen LogP contribution in [-0.2, 0) is 19.9 Å². The molecule has 5 heteroatoms. The smallest absolute Gasteiger partial charge is 0.264 e. The molecule has 2 aliphatic heterocycles. The van der Waals surface area contributed by atoms with E-state index in [2.05, 4.69) is 0 Å². The minimum atomic E-state index is -1.83. The highest BCUT2D eigenvalue weighted by Crippen LogP contribution is 2.47. The molecule has 0 spiro atoms. The van der Waals surface area contributed by atoms with Crippen LogP contribution in [0.25, 0.3) is 0 Å². The summed E-state index contributed by atoms with van der Waals surface area (Å²) in [5.41, 5.74) is -0.202. The van der Waals surface area contributed by atoms with Gasteiger partial charge in [0.2, 0.25) is 0 Å². The largest absolute Gasteiger partial charge is 0.375 e. The van der Waals surface area contributed by atoms with E-state index in [4.69, 9.17) is 4.74 Å². The Morgan fingerprint density at radius 3 is 2.67 bits per heavy atom. The number of Topliss-reactive ketones (excluding diaryl/α,β-unsaturated/α-hetero) is 1. The lowest BCUT2D eigenvalue weighted by atomic mass is 9.75. The summed E-state index contributed by atoms with van der Waals surface area (Å²) in [6.07, 6.45) is 0.972. The Morgan fingerprint density at radius 2 is 2.04 bits per heavy atom. The van der Waals surface area contributed by atoms with Crippen molar-refractivity contribution in [1.82, 2.24) is 0 Å². The van der Waals surface area contributed by atoms with Crippen LogP contribution in [0, 0.1) is 12.8 Å². The van der Waals surface area contributed by atoms with Gasteiger partial charge in [-0.2, -0.15) is 0 Å². The molecular weight excluding hydrogens is 306 g/mol. The Labute approximate surface area is 142 Å². The first kappa shape index (κ1) is 17.1. The summed E-state index contributed by atoms with van der Waals surface area (Å²) >= 11 is 0. The predicted octanol–water partition coefficient (Wildman–Crippen LogP) is 2.32. The number of carbonyl (C=O) groups excluding carboxylic acids is 2. The van der Waals surface area contributed by atoms with E-state index in [9.17, 15) is 14.7 Å². The normalized spacial score (nSPS) is 29.0. The number of ether oxygens (including phenoxy) is 1. The number of aryl methyl sites for hydroxylation is 1. The molecule has 0 aliphatic carbocycles. The maximum atomic E-state index is 13.1. The molecule has 1 fully saturated rings. The molecule has 24 heavy (non-hydrogen) atoms. The number of rotatable bonds is 3. The summed E-state index contributed by atoms with van der Waals surface area (Å²) in [6.45, 7) is 8.17. The fourth-order valence-electron chi connectivity index (χ4n) is 3.75. The highest BCUT2D eigenvalue weighted by Gasteiger charge is 2.58. The first-order chi connectivity index (χ1) is 11.2. The summed E-state index contributed by atoms with van der Waals surface area (Å²) in [5.74, 6) is -1.39. The summed E-state index contributed by atoms with van der Waals surface area (Å²) in [7, 11) is 0. The number of anilines is 1. The zero-order chi connectivity index (χ0) is 17.7. The van der Waals surface area contributed by atoms with E-state index in [-0.39, 0.29) is 18.8 Å². The van der Waals surface area contributed by atoms with Crippen LogP contribution in [0.1, 0.15) is 44.7 Å². The van der Waals surface area contributed by atoms with Crippen molar-refractivity contribution in [3.8, 4) is 0 Å². The molecular formula is C19H25NO4. The summed E-state index contributed by atoms with van der Waals surface area (Å²) in [5, 5.41) is 11.4. The average Bonchev–Trinajstić information content (AvgIpc) is 2.69. The van der Waals surface area contributed by atoms with Crippen LogP contribution in [0.2, 0.25) is 0 Å². The van der Waals surface area contributed by atoms with Crippen molar-refractivity contribution in [1.29, 1.82) is 0 Å². The molecule has 1 aromatic rings. The minimum Gasteiger partial charge on any atom is -0.375 e. The van der Waals surface area contributed by atoms with Crippen LogP contribution in [0.5, 0.6) is 0 Å². The summed E-state index contributed by atoms with van der Waals surface area (Å²) in [4.78, 5) is 27.4. The average molecular weight is 331 g/mol. The maximum absolute atomic E-state index is 13.1. The molecule has 0 aromatic heterocycles. The highest BCUT2D eigenvalue weighted by atomic mass is 16.5. The van der Waals surface area contributed by atoms with Gasteiger partial charge in [0.05, 0.1) is 23.8 Å². The molecule has 0 bridgehead atoms. The van der Waals surface area contributed by atoms with E-state index in [1.807, 2.05) is 45.9 Å². The second-order valence-electron chi connectivity index (χ2n) is 7.51. The maximum Gasteiger partial charge on any atom is 0.264 e. The number of carbonyl (C=O) groups is 2. The van der Waals surface area contributed by atoms with Gasteiger partial charge in [0.15, 0.2) is 5.60 Å². The predicted molar refractivity (Wildman–Crippen MR) is 90.9 cm³/mol. The third-order valence-electron chi connectivity index (χ3n) is 5.01. The van der Waals surface area contributed by atoms with Gasteiger partial charge in [0.25, 0.3) is 5.91 Å². The van der Waals surface area contributed by atoms with Crippen molar-refractivity contribution in [3.05, 3.63) is 29.3 Å². The SMILES string of the molecule is CCCN1C(=O)[C@@](O)([C@@H]2COC(C)(C)CC2=O)c2cc(C)ccc21. The van der Waals surface area contributed by atoms with Gasteiger partial charge in [0.1, 0.15) is 5.78 Å². The molecule has 1 amide bonds. The van der Waals surface area contributed by atoms with Crippen LogP contribution in [0.4, 0.5) is 5.69 Å². The number of aliphatic hydroxyl groups is 1. The van der Waals surface area contributed by atoms with Gasteiger partial charge in [0, 0.05) is 18.5 Å². The highest BCUT2D eigenvalue weighted by molar-refractivity contribution is 6.09. The molecule has 1 N–H and O–H groups in total. The fourth-order valence-corrected chi connectivity index (χ4v) is 3.75. The molecule has 0 unspecified atom stereocenters. The lowest BCUT2D eigenvalue weighted by Gasteiger charge is -2.39. The number of fused-ring (bicyclic) bond motifs is 1. The van der Waals surface area contributed by atoms with Crippen molar-refractivity contribution >= 4 is 17.4 Å². The lowest BCUT2D eigenvalue weighted by Crippen LogP contribution is -2.54. The number of ketones is 1. The van der Waals surface area contributed by atoms with Crippen LogP contribution < -0.4 is 4.90 Å². The first-order valence-electron chi connectivity index (χ1n) is 8.53. The molecule has 0 saturated carbocycles. The summed E-state index contributed by atoms with van der Waals surface area (Å²) < 4.78 is 5.76. The monoisotopic (exact) mass is 331 g/mol. The molecule has 2 atom stereocenters. The Hall–Kier alpha value is -1.72. The molecule has 0 radical (unpaired) electrons. The van der Waals surface area contributed by atoms with Crippen molar-refractivity contribution < 1.29 is 19.4 Å². The number of amides is 1. The fraction of sp³-hybridized carbons (Fsp3) is 0.579. The third kappa shape index (κ3) is 2.47. The Morgan fingerprint density at radius 1 is 1.33 bits per heavy atom. The van der Waals surface area contributed by atoms with Crippen molar-refractivity contribution in [2.45, 2.75) is 51.7 Å². The lowest BCUT2D eigenvalue weighted by molar-refractivity contribution is -0.172. The number of hydrogen-bond acceptors (Lipinski definition) is 4. The van der Waals surface area contributed by atoms with E-state index in [0.717, 1.165) is 12.0 Å². The van der Waals surface area contributed by atoms with Gasteiger partial charge < -0.3 is 14.7 Å². The van der Waals surface area contributed by atoms with Gasteiger partial charge in [-0.1, -0.05) is 24.6 Å². The Balaban J connectivity index is 2.08. The molecule has 1 saturated heterocycles. The third-order valence-corrected chi connectivity index (χ3v) is 5.01. The van der Waals surface area contributed by atoms with Crippen molar-refractivity contribution in [2.24, 2.45) is 5.92 Å². The van der Waals surface area contributed by atoms with Gasteiger partial charge >= 0.3 is 0 Å². The van der Waals surface area contributed by atoms with Crippen LogP contribution in [0.15, 0.2) is 18.2 Å². The van der Waals surface area contributed by atoms with Gasteiger partial charge in [-0.05, 0) is 33.3 Å². The van der Waals surface area contributed by atoms with Crippen LogP contribution in [-0.4, -0.2) is 35.5 Å². The summed E-state index contributed by atoms with van der Waals surface area (Å²) in [6, 6.07) is 5.59. The number of nitrogens with zero attached hydrogens (tertiary/aromatic N) is 1. The number of hydrogen-bond donors (Lipinski definition) is 1. The zero-order valence-electron chi connectivity index (χ0n) is 14.8. The molecule has 2 aliphatic rings. The topological polar surface area (TPSA) is 66.8 Å². The van der Waals surface area contributed by atoms with E-state index >= 15 is 0 Å². The van der Waals surface area contributed by atoms with Gasteiger partial charge in [-0.15, -0.1) is 0 Å². The second kappa shape index (κ2) is 5.67. The van der Waals surface area contributed by atoms with E-state index in [1.165, 1.54) is 0 Å². The molecule has 5 nitrogen and oxygen atoms in total. The van der Waals surface area contributed by atoms with Crippen LogP contribution in [0.3, 0.4) is 0 Å². The quantitative estimate of drug-likeness (QED) is 0.923. The minimum absolute atomic E-state index is 0.0570. The van der Waals surface area contributed by atoms with Crippen molar-refractivity contribution in [3.63, 3.8) is 0 Å².